The van der Waals surface area contributed by atoms with Crippen LogP contribution >= 0.6 is 0 Å². The van der Waals surface area contributed by atoms with E-state index in [1.54, 1.807) is 6.92 Å². The number of nitrogens with zero attached hydrogens (tertiary/aromatic N) is 1. The Morgan fingerprint density at radius 2 is 1.79 bits per heavy atom. The van der Waals surface area contributed by atoms with Crippen LogP contribution in [0.4, 0.5) is 0 Å². The van der Waals surface area contributed by atoms with Gasteiger partial charge < -0.3 is 10.2 Å². The van der Waals surface area contributed by atoms with Crippen molar-refractivity contribution in [2.45, 2.75) is 65.0 Å². The van der Waals surface area contributed by atoms with Crippen molar-refractivity contribution in [2.75, 3.05) is 6.54 Å². The molecular weight excluding hydrogens is 240 g/mol. The van der Waals surface area contributed by atoms with Gasteiger partial charge in [-0.2, -0.15) is 0 Å². The standard InChI is InChI=1S/C15H26N2O2/c1-4-13-14(18)16-11(3)15(19)17(13)9-12-7-5-10(2)6-8-12/h10-13H,4-9H2,1-3H3,(H,16,18). The summed E-state index contributed by atoms with van der Waals surface area (Å²) < 4.78 is 0. The van der Waals surface area contributed by atoms with Gasteiger partial charge in [0.15, 0.2) is 0 Å². The first kappa shape index (κ1) is 14.4. The van der Waals surface area contributed by atoms with Crippen LogP contribution in [0, 0.1) is 11.8 Å². The molecule has 0 radical (unpaired) electrons. The zero-order valence-electron chi connectivity index (χ0n) is 12.3. The van der Waals surface area contributed by atoms with E-state index in [2.05, 4.69) is 12.2 Å². The maximum absolute atomic E-state index is 12.3. The van der Waals surface area contributed by atoms with Crippen LogP contribution in [0.2, 0.25) is 0 Å². The summed E-state index contributed by atoms with van der Waals surface area (Å²) in [4.78, 5) is 26.1. The molecule has 4 heteroatoms. The molecular formula is C15H26N2O2. The summed E-state index contributed by atoms with van der Waals surface area (Å²) in [5, 5.41) is 2.77. The smallest absolute Gasteiger partial charge is 0.245 e. The molecule has 2 rings (SSSR count). The van der Waals surface area contributed by atoms with Gasteiger partial charge in [0, 0.05) is 6.54 Å². The molecule has 0 aromatic heterocycles. The monoisotopic (exact) mass is 266 g/mol. The summed E-state index contributed by atoms with van der Waals surface area (Å²) in [7, 11) is 0. The Balaban J connectivity index is 2.02. The SMILES string of the molecule is CCC1C(=O)NC(C)C(=O)N1CC1CCC(C)CC1. The molecule has 1 saturated heterocycles. The van der Waals surface area contributed by atoms with Gasteiger partial charge in [-0.1, -0.05) is 26.7 Å². The Morgan fingerprint density at radius 3 is 2.37 bits per heavy atom. The lowest BCUT2D eigenvalue weighted by molar-refractivity contribution is -0.149. The summed E-state index contributed by atoms with van der Waals surface area (Å²) in [5.74, 6) is 1.49. The van der Waals surface area contributed by atoms with Crippen LogP contribution in [0.25, 0.3) is 0 Å². The summed E-state index contributed by atoms with van der Waals surface area (Å²) >= 11 is 0. The fourth-order valence-corrected chi connectivity index (χ4v) is 3.33. The lowest BCUT2D eigenvalue weighted by Crippen LogP contribution is -2.63. The minimum absolute atomic E-state index is 0.0128. The third-order valence-electron chi connectivity index (χ3n) is 4.67. The molecule has 0 bridgehead atoms. The minimum atomic E-state index is -0.363. The summed E-state index contributed by atoms with van der Waals surface area (Å²) in [6.07, 6.45) is 5.60. The van der Waals surface area contributed by atoms with Gasteiger partial charge in [0.25, 0.3) is 0 Å². The lowest BCUT2D eigenvalue weighted by Gasteiger charge is -2.40. The molecule has 1 aliphatic carbocycles. The maximum Gasteiger partial charge on any atom is 0.245 e. The zero-order valence-corrected chi connectivity index (χ0v) is 12.3. The van der Waals surface area contributed by atoms with Gasteiger partial charge in [-0.3, -0.25) is 9.59 Å². The second kappa shape index (κ2) is 5.93. The molecule has 2 amide bonds. The summed E-state index contributed by atoms with van der Waals surface area (Å²) in [5.41, 5.74) is 0. The topological polar surface area (TPSA) is 49.4 Å². The highest BCUT2D eigenvalue weighted by molar-refractivity contribution is 5.96. The number of piperazine rings is 1. The average Bonchev–Trinajstić information content (AvgIpc) is 2.38. The molecule has 2 atom stereocenters. The van der Waals surface area contributed by atoms with Gasteiger partial charge in [0.2, 0.25) is 11.8 Å². The molecule has 2 unspecified atom stereocenters. The lowest BCUT2D eigenvalue weighted by atomic mass is 9.82. The van der Waals surface area contributed by atoms with Crippen LogP contribution in [0.1, 0.15) is 52.9 Å². The molecule has 2 aliphatic rings. The number of hydrogen-bond donors (Lipinski definition) is 1. The zero-order chi connectivity index (χ0) is 14.0. The predicted octanol–water partition coefficient (Wildman–Crippen LogP) is 1.94. The van der Waals surface area contributed by atoms with Crippen LogP contribution < -0.4 is 5.32 Å². The van der Waals surface area contributed by atoms with Crippen LogP contribution in [-0.4, -0.2) is 35.3 Å². The Bertz CT molecular complexity index is 348. The van der Waals surface area contributed by atoms with Gasteiger partial charge in [-0.25, -0.2) is 0 Å². The molecule has 0 aromatic carbocycles. The molecule has 0 spiro atoms. The van der Waals surface area contributed by atoms with Crippen molar-refractivity contribution in [2.24, 2.45) is 11.8 Å². The van der Waals surface area contributed by atoms with Crippen molar-refractivity contribution in [3.63, 3.8) is 0 Å². The Kier molecular flexibility index (Phi) is 4.48. The molecule has 1 saturated carbocycles. The number of carbonyl (C=O) groups is 2. The van der Waals surface area contributed by atoms with Gasteiger partial charge >= 0.3 is 0 Å². The van der Waals surface area contributed by atoms with Crippen molar-refractivity contribution in [3.8, 4) is 0 Å². The number of amides is 2. The third-order valence-corrected chi connectivity index (χ3v) is 4.67. The fourth-order valence-electron chi connectivity index (χ4n) is 3.33. The van der Waals surface area contributed by atoms with E-state index < -0.39 is 0 Å². The van der Waals surface area contributed by atoms with Crippen LogP contribution in [0.3, 0.4) is 0 Å². The summed E-state index contributed by atoms with van der Waals surface area (Å²) in [6, 6.07) is -0.624. The number of carbonyl (C=O) groups excluding carboxylic acids is 2. The average molecular weight is 266 g/mol. The normalized spacial score (nSPS) is 36.3. The van der Waals surface area contributed by atoms with Crippen molar-refractivity contribution < 1.29 is 9.59 Å². The van der Waals surface area contributed by atoms with Crippen molar-refractivity contribution in [1.29, 1.82) is 0 Å². The van der Waals surface area contributed by atoms with Gasteiger partial charge in [-0.05, 0) is 38.0 Å². The molecule has 1 aliphatic heterocycles. The van der Waals surface area contributed by atoms with E-state index in [-0.39, 0.29) is 23.9 Å². The van der Waals surface area contributed by atoms with E-state index in [9.17, 15) is 9.59 Å². The highest BCUT2D eigenvalue weighted by atomic mass is 16.2. The van der Waals surface area contributed by atoms with Gasteiger partial charge in [0.05, 0.1) is 0 Å². The molecule has 108 valence electrons. The molecule has 4 nitrogen and oxygen atoms in total. The molecule has 0 aromatic rings. The summed E-state index contributed by atoms with van der Waals surface area (Å²) in [6.45, 7) is 6.82. The molecule has 1 heterocycles. The number of rotatable bonds is 3. The molecule has 1 N–H and O–H groups in total. The van der Waals surface area contributed by atoms with Crippen molar-refractivity contribution >= 4 is 11.8 Å². The fraction of sp³-hybridized carbons (Fsp3) is 0.867. The van der Waals surface area contributed by atoms with E-state index in [0.29, 0.717) is 12.3 Å². The van der Waals surface area contributed by atoms with E-state index >= 15 is 0 Å². The van der Waals surface area contributed by atoms with Crippen molar-refractivity contribution in [1.82, 2.24) is 10.2 Å². The quantitative estimate of drug-likeness (QED) is 0.848. The first-order valence-electron chi connectivity index (χ1n) is 7.63. The van der Waals surface area contributed by atoms with Gasteiger partial charge in [0.1, 0.15) is 12.1 Å². The second-order valence-corrected chi connectivity index (χ2v) is 6.27. The Morgan fingerprint density at radius 1 is 1.16 bits per heavy atom. The first-order chi connectivity index (χ1) is 9.02. The van der Waals surface area contributed by atoms with E-state index in [1.807, 2.05) is 11.8 Å². The van der Waals surface area contributed by atoms with Crippen molar-refractivity contribution in [3.05, 3.63) is 0 Å². The van der Waals surface area contributed by atoms with Crippen LogP contribution in [-0.2, 0) is 9.59 Å². The predicted molar refractivity (Wildman–Crippen MR) is 74.5 cm³/mol. The Labute approximate surface area is 115 Å². The minimum Gasteiger partial charge on any atom is -0.343 e. The highest BCUT2D eigenvalue weighted by Crippen LogP contribution is 2.30. The number of hydrogen-bond acceptors (Lipinski definition) is 2. The van der Waals surface area contributed by atoms with E-state index in [0.717, 1.165) is 12.5 Å². The number of nitrogens with one attached hydrogen (secondary N) is 1. The first-order valence-corrected chi connectivity index (χ1v) is 7.63. The second-order valence-electron chi connectivity index (χ2n) is 6.27. The molecule has 19 heavy (non-hydrogen) atoms. The third kappa shape index (κ3) is 3.10. The maximum atomic E-state index is 12.3. The van der Waals surface area contributed by atoms with Gasteiger partial charge in [-0.15, -0.1) is 0 Å². The van der Waals surface area contributed by atoms with Crippen LogP contribution in [0.5, 0.6) is 0 Å². The Hall–Kier alpha value is -1.06. The molecule has 2 fully saturated rings. The van der Waals surface area contributed by atoms with E-state index in [4.69, 9.17) is 0 Å². The van der Waals surface area contributed by atoms with Crippen LogP contribution in [0.15, 0.2) is 0 Å². The largest absolute Gasteiger partial charge is 0.343 e. The highest BCUT2D eigenvalue weighted by Gasteiger charge is 2.38. The van der Waals surface area contributed by atoms with E-state index in [1.165, 1.54) is 25.7 Å².